The van der Waals surface area contributed by atoms with E-state index in [0.717, 1.165) is 12.2 Å². The molecule has 0 saturated carbocycles. The molecule has 2 N–H and O–H groups in total. The predicted octanol–water partition coefficient (Wildman–Crippen LogP) is 1.61. The van der Waals surface area contributed by atoms with Crippen molar-refractivity contribution in [3.63, 3.8) is 0 Å². The minimum Gasteiger partial charge on any atom is -0.494 e. The zero-order valence-electron chi connectivity index (χ0n) is 9.93. The van der Waals surface area contributed by atoms with Crippen molar-refractivity contribution in [2.75, 3.05) is 13.2 Å². The van der Waals surface area contributed by atoms with Crippen molar-refractivity contribution in [1.29, 1.82) is 0 Å². The summed E-state index contributed by atoms with van der Waals surface area (Å²) in [5.41, 5.74) is 0.541. The number of aromatic nitrogens is 2. The van der Waals surface area contributed by atoms with Crippen molar-refractivity contribution >= 4 is 5.91 Å². The Hall–Kier alpha value is -2.30. The maximum absolute atomic E-state index is 11.5. The fourth-order valence-corrected chi connectivity index (χ4v) is 1.46. The minimum atomic E-state index is -0.122. The van der Waals surface area contributed by atoms with Crippen molar-refractivity contribution < 1.29 is 9.53 Å². The average Bonchev–Trinajstić information content (AvgIpc) is 2.93. The molecular weight excluding hydrogens is 230 g/mol. The van der Waals surface area contributed by atoms with E-state index in [1.807, 2.05) is 30.3 Å². The summed E-state index contributed by atoms with van der Waals surface area (Å²) in [5.74, 6) is 0.724. The maximum Gasteiger partial charge on any atom is 0.254 e. The second kappa shape index (κ2) is 6.44. The number of H-pyrrole nitrogens is 1. The third-order valence-electron chi connectivity index (χ3n) is 2.38. The number of amides is 1. The Morgan fingerprint density at radius 3 is 2.89 bits per heavy atom. The molecule has 0 aliphatic carbocycles. The normalized spacial score (nSPS) is 10.0. The summed E-state index contributed by atoms with van der Waals surface area (Å²) < 4.78 is 5.51. The van der Waals surface area contributed by atoms with E-state index in [-0.39, 0.29) is 5.91 Å². The highest BCUT2D eigenvalue weighted by Crippen LogP contribution is 2.08. The number of carbonyl (C=O) groups excluding carboxylic acids is 1. The van der Waals surface area contributed by atoms with Gasteiger partial charge < -0.3 is 10.1 Å². The minimum absolute atomic E-state index is 0.122. The van der Waals surface area contributed by atoms with E-state index in [1.165, 1.54) is 6.20 Å². The van der Waals surface area contributed by atoms with Crippen LogP contribution in [0.15, 0.2) is 42.7 Å². The van der Waals surface area contributed by atoms with Crippen LogP contribution in [-0.2, 0) is 0 Å². The van der Waals surface area contributed by atoms with Crippen molar-refractivity contribution in [2.24, 2.45) is 0 Å². The quantitative estimate of drug-likeness (QED) is 0.760. The molecule has 2 rings (SSSR count). The Balaban J connectivity index is 1.61. The van der Waals surface area contributed by atoms with Crippen molar-refractivity contribution in [2.45, 2.75) is 6.42 Å². The molecule has 0 spiro atoms. The van der Waals surface area contributed by atoms with Gasteiger partial charge in [-0.3, -0.25) is 9.89 Å². The largest absolute Gasteiger partial charge is 0.494 e. The van der Waals surface area contributed by atoms with Crippen LogP contribution in [0.2, 0.25) is 0 Å². The smallest absolute Gasteiger partial charge is 0.254 e. The van der Waals surface area contributed by atoms with Gasteiger partial charge in [-0.15, -0.1) is 0 Å². The molecule has 0 bridgehead atoms. The van der Waals surface area contributed by atoms with Crippen LogP contribution in [0.5, 0.6) is 5.75 Å². The third-order valence-corrected chi connectivity index (χ3v) is 2.38. The molecule has 0 radical (unpaired) electrons. The van der Waals surface area contributed by atoms with E-state index >= 15 is 0 Å². The van der Waals surface area contributed by atoms with Gasteiger partial charge in [0, 0.05) is 12.7 Å². The van der Waals surface area contributed by atoms with E-state index in [2.05, 4.69) is 15.5 Å². The van der Waals surface area contributed by atoms with Crippen LogP contribution >= 0.6 is 0 Å². The highest BCUT2D eigenvalue weighted by molar-refractivity contribution is 5.93. The van der Waals surface area contributed by atoms with E-state index in [0.29, 0.717) is 18.7 Å². The fraction of sp³-hybridized carbons (Fsp3) is 0.231. The molecule has 1 amide bonds. The number of rotatable bonds is 6. The molecule has 1 aromatic heterocycles. The van der Waals surface area contributed by atoms with Crippen molar-refractivity contribution in [1.82, 2.24) is 15.5 Å². The molecule has 0 saturated heterocycles. The lowest BCUT2D eigenvalue weighted by Gasteiger charge is -2.06. The standard InChI is InChI=1S/C13H15N3O2/c17-13(11-9-15-16-10-11)14-7-4-8-18-12-5-2-1-3-6-12/h1-3,5-6,9-10H,4,7-8H2,(H,14,17)(H,15,16). The van der Waals surface area contributed by atoms with Gasteiger partial charge in [0.15, 0.2) is 0 Å². The van der Waals surface area contributed by atoms with E-state index in [1.54, 1.807) is 6.20 Å². The Kier molecular flexibility index (Phi) is 4.35. The predicted molar refractivity (Wildman–Crippen MR) is 67.5 cm³/mol. The molecule has 0 fully saturated rings. The van der Waals surface area contributed by atoms with Crippen molar-refractivity contribution in [3.8, 4) is 5.75 Å². The second-order valence-electron chi connectivity index (χ2n) is 3.76. The van der Waals surface area contributed by atoms with Gasteiger partial charge in [-0.1, -0.05) is 18.2 Å². The Labute approximate surface area is 105 Å². The lowest BCUT2D eigenvalue weighted by Crippen LogP contribution is -2.25. The number of carbonyl (C=O) groups is 1. The number of ether oxygens (including phenoxy) is 1. The number of nitrogens with one attached hydrogen (secondary N) is 2. The summed E-state index contributed by atoms with van der Waals surface area (Å²) in [5, 5.41) is 9.11. The molecule has 1 aromatic carbocycles. The second-order valence-corrected chi connectivity index (χ2v) is 3.76. The molecule has 2 aromatic rings. The van der Waals surface area contributed by atoms with E-state index < -0.39 is 0 Å². The lowest BCUT2D eigenvalue weighted by atomic mass is 10.3. The van der Waals surface area contributed by atoms with Gasteiger partial charge in [0.2, 0.25) is 0 Å². The number of aromatic amines is 1. The van der Waals surface area contributed by atoms with Crippen LogP contribution in [-0.4, -0.2) is 29.3 Å². The molecular formula is C13H15N3O2. The van der Waals surface area contributed by atoms with Crippen LogP contribution in [0, 0.1) is 0 Å². The molecule has 5 heteroatoms. The summed E-state index contributed by atoms with van der Waals surface area (Å²) in [6.45, 7) is 1.16. The zero-order chi connectivity index (χ0) is 12.6. The topological polar surface area (TPSA) is 67.0 Å². The van der Waals surface area contributed by atoms with Gasteiger partial charge in [-0.2, -0.15) is 5.10 Å². The molecule has 94 valence electrons. The SMILES string of the molecule is O=C(NCCCOc1ccccc1)c1cn[nH]c1. The highest BCUT2D eigenvalue weighted by Gasteiger charge is 2.04. The van der Waals surface area contributed by atoms with Crippen LogP contribution < -0.4 is 10.1 Å². The van der Waals surface area contributed by atoms with Gasteiger partial charge >= 0.3 is 0 Å². The number of nitrogens with zero attached hydrogens (tertiary/aromatic N) is 1. The zero-order valence-corrected chi connectivity index (χ0v) is 9.93. The molecule has 0 aliphatic heterocycles. The van der Waals surface area contributed by atoms with Crippen LogP contribution in [0.25, 0.3) is 0 Å². The molecule has 5 nitrogen and oxygen atoms in total. The fourth-order valence-electron chi connectivity index (χ4n) is 1.46. The van der Waals surface area contributed by atoms with Gasteiger partial charge in [-0.05, 0) is 18.6 Å². The number of benzene rings is 1. The first-order chi connectivity index (χ1) is 8.86. The molecule has 0 aliphatic rings. The Bertz CT molecular complexity index is 468. The number of para-hydroxylation sites is 1. The number of hydrogen-bond acceptors (Lipinski definition) is 3. The molecule has 0 atom stereocenters. The van der Waals surface area contributed by atoms with E-state index in [9.17, 15) is 4.79 Å². The van der Waals surface area contributed by atoms with Crippen LogP contribution in [0.4, 0.5) is 0 Å². The first-order valence-corrected chi connectivity index (χ1v) is 5.81. The monoisotopic (exact) mass is 245 g/mol. The summed E-state index contributed by atoms with van der Waals surface area (Å²) >= 11 is 0. The van der Waals surface area contributed by atoms with Crippen LogP contribution in [0.3, 0.4) is 0 Å². The third kappa shape index (κ3) is 3.62. The molecule has 0 unspecified atom stereocenters. The van der Waals surface area contributed by atoms with E-state index in [4.69, 9.17) is 4.74 Å². The van der Waals surface area contributed by atoms with Gasteiger partial charge in [0.1, 0.15) is 5.75 Å². The number of hydrogen-bond donors (Lipinski definition) is 2. The maximum atomic E-state index is 11.5. The first-order valence-electron chi connectivity index (χ1n) is 5.81. The van der Waals surface area contributed by atoms with Gasteiger partial charge in [0.25, 0.3) is 5.91 Å². The molecule has 18 heavy (non-hydrogen) atoms. The highest BCUT2D eigenvalue weighted by atomic mass is 16.5. The van der Waals surface area contributed by atoms with Crippen LogP contribution in [0.1, 0.15) is 16.8 Å². The molecule has 1 heterocycles. The van der Waals surface area contributed by atoms with Gasteiger partial charge in [0.05, 0.1) is 18.4 Å². The first kappa shape index (κ1) is 12.2. The summed E-state index contributed by atoms with van der Waals surface area (Å²) in [6, 6.07) is 9.61. The summed E-state index contributed by atoms with van der Waals surface area (Å²) in [4.78, 5) is 11.5. The lowest BCUT2D eigenvalue weighted by molar-refractivity contribution is 0.0951. The van der Waals surface area contributed by atoms with Gasteiger partial charge in [-0.25, -0.2) is 0 Å². The summed E-state index contributed by atoms with van der Waals surface area (Å²) in [6.07, 6.45) is 3.82. The summed E-state index contributed by atoms with van der Waals surface area (Å²) in [7, 11) is 0. The average molecular weight is 245 g/mol. The van der Waals surface area contributed by atoms with Crippen molar-refractivity contribution in [3.05, 3.63) is 48.3 Å². The Morgan fingerprint density at radius 2 is 2.17 bits per heavy atom. The Morgan fingerprint density at radius 1 is 1.33 bits per heavy atom.